The van der Waals surface area contributed by atoms with Crippen LogP contribution in [0.4, 0.5) is 16.2 Å². The SMILES string of the molecule is CCCn1cc(NC(=O)Nc2ccc(-c3nnc(C)o3)cc2)cn1. The fraction of sp³-hybridized carbons (Fsp3) is 0.250. The number of hydrogen-bond donors (Lipinski definition) is 2. The van der Waals surface area contributed by atoms with Crippen LogP contribution in [0, 0.1) is 6.92 Å². The van der Waals surface area contributed by atoms with Crippen molar-refractivity contribution in [1.82, 2.24) is 20.0 Å². The van der Waals surface area contributed by atoms with Gasteiger partial charge in [-0.25, -0.2) is 4.79 Å². The summed E-state index contributed by atoms with van der Waals surface area (Å²) in [6.45, 7) is 4.63. The van der Waals surface area contributed by atoms with Crippen LogP contribution in [0.5, 0.6) is 0 Å². The molecule has 0 aliphatic heterocycles. The van der Waals surface area contributed by atoms with Gasteiger partial charge >= 0.3 is 6.03 Å². The molecule has 0 aliphatic carbocycles. The van der Waals surface area contributed by atoms with Crippen LogP contribution in [0.3, 0.4) is 0 Å². The van der Waals surface area contributed by atoms with Gasteiger partial charge in [-0.1, -0.05) is 6.92 Å². The van der Waals surface area contributed by atoms with Gasteiger partial charge in [-0.05, 0) is 30.7 Å². The average Bonchev–Trinajstić information content (AvgIpc) is 3.18. The highest BCUT2D eigenvalue weighted by Crippen LogP contribution is 2.20. The second-order valence-corrected chi connectivity index (χ2v) is 5.27. The second kappa shape index (κ2) is 6.95. The molecular formula is C16H18N6O2. The van der Waals surface area contributed by atoms with Gasteiger partial charge < -0.3 is 15.1 Å². The van der Waals surface area contributed by atoms with Crippen molar-refractivity contribution < 1.29 is 9.21 Å². The molecule has 2 amide bonds. The predicted molar refractivity (Wildman–Crippen MR) is 89.6 cm³/mol. The van der Waals surface area contributed by atoms with Gasteiger partial charge in [0.15, 0.2) is 0 Å². The summed E-state index contributed by atoms with van der Waals surface area (Å²) in [7, 11) is 0. The topological polar surface area (TPSA) is 97.9 Å². The Hall–Kier alpha value is -3.16. The Kier molecular flexibility index (Phi) is 4.55. The minimum Gasteiger partial charge on any atom is -0.421 e. The van der Waals surface area contributed by atoms with Crippen molar-refractivity contribution in [1.29, 1.82) is 0 Å². The molecular weight excluding hydrogens is 308 g/mol. The monoisotopic (exact) mass is 326 g/mol. The van der Waals surface area contributed by atoms with E-state index < -0.39 is 0 Å². The normalized spacial score (nSPS) is 10.6. The van der Waals surface area contributed by atoms with E-state index in [2.05, 4.69) is 32.9 Å². The van der Waals surface area contributed by atoms with Crippen LogP contribution in [0.2, 0.25) is 0 Å². The Bertz CT molecular complexity index is 821. The number of urea groups is 1. The van der Waals surface area contributed by atoms with E-state index in [-0.39, 0.29) is 6.03 Å². The summed E-state index contributed by atoms with van der Waals surface area (Å²) in [6.07, 6.45) is 4.40. The summed E-state index contributed by atoms with van der Waals surface area (Å²) in [5, 5.41) is 17.4. The highest BCUT2D eigenvalue weighted by molar-refractivity contribution is 5.99. The van der Waals surface area contributed by atoms with E-state index in [0.29, 0.717) is 23.2 Å². The van der Waals surface area contributed by atoms with Crippen LogP contribution in [0.25, 0.3) is 11.5 Å². The minimum atomic E-state index is -0.326. The molecule has 2 aromatic heterocycles. The van der Waals surface area contributed by atoms with Gasteiger partial charge in [-0.2, -0.15) is 5.10 Å². The van der Waals surface area contributed by atoms with Crippen LogP contribution in [-0.4, -0.2) is 26.0 Å². The maximum atomic E-state index is 12.0. The van der Waals surface area contributed by atoms with Crippen molar-refractivity contribution in [2.45, 2.75) is 26.8 Å². The number of nitrogens with zero attached hydrogens (tertiary/aromatic N) is 4. The largest absolute Gasteiger partial charge is 0.421 e. The summed E-state index contributed by atoms with van der Waals surface area (Å²) >= 11 is 0. The van der Waals surface area contributed by atoms with E-state index in [4.69, 9.17) is 4.42 Å². The summed E-state index contributed by atoms with van der Waals surface area (Å²) in [5.74, 6) is 0.960. The first-order valence-corrected chi connectivity index (χ1v) is 7.65. The van der Waals surface area contributed by atoms with Crippen molar-refractivity contribution >= 4 is 17.4 Å². The molecule has 24 heavy (non-hydrogen) atoms. The molecule has 8 heteroatoms. The lowest BCUT2D eigenvalue weighted by atomic mass is 10.2. The zero-order chi connectivity index (χ0) is 16.9. The number of nitrogens with one attached hydrogen (secondary N) is 2. The van der Waals surface area contributed by atoms with Crippen LogP contribution < -0.4 is 10.6 Å². The highest BCUT2D eigenvalue weighted by Gasteiger charge is 2.08. The Morgan fingerprint density at radius 1 is 1.17 bits per heavy atom. The molecule has 0 saturated heterocycles. The molecule has 0 atom stereocenters. The van der Waals surface area contributed by atoms with Crippen molar-refractivity contribution in [2.75, 3.05) is 10.6 Å². The lowest BCUT2D eigenvalue weighted by Crippen LogP contribution is -2.19. The van der Waals surface area contributed by atoms with Crippen LogP contribution >= 0.6 is 0 Å². The molecule has 0 bridgehead atoms. The molecule has 0 fully saturated rings. The maximum absolute atomic E-state index is 12.0. The number of benzene rings is 1. The Labute approximate surface area is 138 Å². The van der Waals surface area contributed by atoms with Crippen molar-refractivity contribution in [3.63, 3.8) is 0 Å². The molecule has 3 aromatic rings. The summed E-state index contributed by atoms with van der Waals surface area (Å²) < 4.78 is 7.15. The average molecular weight is 326 g/mol. The van der Waals surface area contributed by atoms with E-state index >= 15 is 0 Å². The first kappa shape index (κ1) is 15.7. The van der Waals surface area contributed by atoms with Gasteiger partial charge in [0.05, 0.1) is 11.9 Å². The number of aryl methyl sites for hydroxylation is 2. The lowest BCUT2D eigenvalue weighted by molar-refractivity contribution is 0.262. The molecule has 0 aliphatic rings. The molecule has 2 heterocycles. The molecule has 1 aromatic carbocycles. The fourth-order valence-corrected chi connectivity index (χ4v) is 2.18. The smallest absolute Gasteiger partial charge is 0.323 e. The molecule has 8 nitrogen and oxygen atoms in total. The summed E-state index contributed by atoms with van der Waals surface area (Å²) in [4.78, 5) is 12.0. The first-order chi connectivity index (χ1) is 11.6. The zero-order valence-corrected chi connectivity index (χ0v) is 13.5. The zero-order valence-electron chi connectivity index (χ0n) is 13.5. The van der Waals surface area contributed by atoms with Gasteiger partial charge in [0.1, 0.15) is 0 Å². The van der Waals surface area contributed by atoms with E-state index in [0.717, 1.165) is 18.5 Å². The van der Waals surface area contributed by atoms with Gasteiger partial charge in [0.25, 0.3) is 0 Å². The highest BCUT2D eigenvalue weighted by atomic mass is 16.4. The molecule has 0 unspecified atom stereocenters. The van der Waals surface area contributed by atoms with E-state index in [1.807, 2.05) is 12.1 Å². The number of carbonyl (C=O) groups excluding carboxylic acids is 1. The van der Waals surface area contributed by atoms with Crippen LogP contribution in [0.1, 0.15) is 19.2 Å². The number of aromatic nitrogens is 4. The maximum Gasteiger partial charge on any atom is 0.323 e. The first-order valence-electron chi connectivity index (χ1n) is 7.65. The third-order valence-electron chi connectivity index (χ3n) is 3.26. The Morgan fingerprint density at radius 2 is 1.92 bits per heavy atom. The standard InChI is InChI=1S/C16H18N6O2/c1-3-8-22-10-14(9-17-22)19-16(23)18-13-6-4-12(5-7-13)15-21-20-11(2)24-15/h4-7,9-10H,3,8H2,1-2H3,(H2,18,19,23). The second-order valence-electron chi connectivity index (χ2n) is 5.27. The quantitative estimate of drug-likeness (QED) is 0.749. The van der Waals surface area contributed by atoms with Gasteiger partial charge in [0, 0.05) is 30.9 Å². The third kappa shape index (κ3) is 3.78. The number of anilines is 2. The number of rotatable bonds is 5. The number of hydrogen-bond acceptors (Lipinski definition) is 5. The third-order valence-corrected chi connectivity index (χ3v) is 3.26. The fourth-order valence-electron chi connectivity index (χ4n) is 2.18. The van der Waals surface area contributed by atoms with E-state index in [1.54, 1.807) is 36.1 Å². The molecule has 2 N–H and O–H groups in total. The number of carbonyl (C=O) groups is 1. The Balaban J connectivity index is 1.59. The van der Waals surface area contributed by atoms with Crippen molar-refractivity contribution in [3.8, 4) is 11.5 Å². The summed E-state index contributed by atoms with van der Waals surface area (Å²) in [5.41, 5.74) is 2.11. The van der Waals surface area contributed by atoms with Gasteiger partial charge in [0.2, 0.25) is 11.8 Å². The molecule has 124 valence electrons. The summed E-state index contributed by atoms with van der Waals surface area (Å²) in [6, 6.07) is 6.83. The minimum absolute atomic E-state index is 0.326. The van der Waals surface area contributed by atoms with Crippen LogP contribution in [-0.2, 0) is 6.54 Å². The van der Waals surface area contributed by atoms with E-state index in [1.165, 1.54) is 0 Å². The Morgan fingerprint density at radius 3 is 2.58 bits per heavy atom. The van der Waals surface area contributed by atoms with Crippen molar-refractivity contribution in [2.24, 2.45) is 0 Å². The molecule has 0 radical (unpaired) electrons. The lowest BCUT2D eigenvalue weighted by Gasteiger charge is -2.06. The van der Waals surface area contributed by atoms with Gasteiger partial charge in [-0.15, -0.1) is 10.2 Å². The van der Waals surface area contributed by atoms with E-state index in [9.17, 15) is 4.79 Å². The van der Waals surface area contributed by atoms with Crippen molar-refractivity contribution in [3.05, 3.63) is 42.5 Å². The molecule has 3 rings (SSSR count). The van der Waals surface area contributed by atoms with Crippen LogP contribution in [0.15, 0.2) is 41.1 Å². The predicted octanol–water partition coefficient (Wildman–Crippen LogP) is 3.30. The number of amides is 2. The molecule has 0 spiro atoms. The molecule has 0 saturated carbocycles. The van der Waals surface area contributed by atoms with Gasteiger partial charge in [-0.3, -0.25) is 4.68 Å².